The number of hydrogen-bond donors (Lipinski definition) is 1. The lowest BCUT2D eigenvalue weighted by Gasteiger charge is -2.10. The Morgan fingerprint density at radius 3 is 2.71 bits per heavy atom. The van der Waals surface area contributed by atoms with Crippen molar-refractivity contribution in [2.75, 3.05) is 5.73 Å². The minimum atomic E-state index is 0.391. The lowest BCUT2D eigenvalue weighted by molar-refractivity contribution is 0.747. The second-order valence-electron chi connectivity index (χ2n) is 5.49. The van der Waals surface area contributed by atoms with Crippen molar-refractivity contribution in [1.82, 2.24) is 9.38 Å². The minimum absolute atomic E-state index is 0.391. The number of fused-ring (bicyclic) bond motifs is 1. The number of pyridine rings is 1. The van der Waals surface area contributed by atoms with E-state index in [1.165, 1.54) is 5.56 Å². The highest BCUT2D eigenvalue weighted by molar-refractivity contribution is 9.10. The fraction of sp³-hybridized carbons (Fsp3) is 0.235. The maximum atomic E-state index is 6.28. The van der Waals surface area contributed by atoms with Crippen LogP contribution in [0.2, 0.25) is 0 Å². The zero-order valence-electron chi connectivity index (χ0n) is 12.2. The molecule has 1 unspecified atom stereocenters. The van der Waals surface area contributed by atoms with Gasteiger partial charge in [-0.2, -0.15) is 0 Å². The Morgan fingerprint density at radius 2 is 2.00 bits per heavy atom. The van der Waals surface area contributed by atoms with Crippen molar-refractivity contribution in [2.45, 2.75) is 26.2 Å². The molecule has 0 fully saturated rings. The first-order chi connectivity index (χ1) is 10.1. The van der Waals surface area contributed by atoms with Gasteiger partial charge in [0.1, 0.15) is 11.5 Å². The molecule has 0 saturated heterocycles. The maximum absolute atomic E-state index is 6.28. The molecule has 1 atom stereocenters. The Balaban J connectivity index is 1.98. The van der Waals surface area contributed by atoms with Gasteiger partial charge < -0.3 is 5.73 Å². The molecule has 0 aliphatic carbocycles. The van der Waals surface area contributed by atoms with Crippen molar-refractivity contribution in [3.63, 3.8) is 0 Å². The fourth-order valence-corrected chi connectivity index (χ4v) is 3.22. The van der Waals surface area contributed by atoms with Gasteiger partial charge >= 0.3 is 0 Å². The van der Waals surface area contributed by atoms with Crippen LogP contribution in [0.15, 0.2) is 47.1 Å². The number of nitrogens with two attached hydrogens (primary N) is 1. The molecule has 3 aromatic rings. The number of hydrogen-bond acceptors (Lipinski definition) is 2. The highest BCUT2D eigenvalue weighted by Gasteiger charge is 2.15. The van der Waals surface area contributed by atoms with E-state index in [9.17, 15) is 0 Å². The third-order valence-corrected chi connectivity index (χ3v) is 4.29. The molecule has 0 radical (unpaired) electrons. The molecule has 2 aromatic heterocycles. The number of halogens is 1. The summed E-state index contributed by atoms with van der Waals surface area (Å²) in [5, 5.41) is 0. The first-order valence-electron chi connectivity index (χ1n) is 7.03. The highest BCUT2D eigenvalue weighted by atomic mass is 79.9. The molecule has 108 valence electrons. The summed E-state index contributed by atoms with van der Waals surface area (Å²) in [5.41, 5.74) is 10.6. The van der Waals surface area contributed by atoms with Crippen LogP contribution in [0.5, 0.6) is 0 Å². The van der Waals surface area contributed by atoms with Crippen LogP contribution in [0.3, 0.4) is 0 Å². The van der Waals surface area contributed by atoms with E-state index < -0.39 is 0 Å². The second-order valence-corrected chi connectivity index (χ2v) is 6.41. The smallest absolute Gasteiger partial charge is 0.141 e. The topological polar surface area (TPSA) is 43.3 Å². The summed E-state index contributed by atoms with van der Waals surface area (Å²) >= 11 is 3.51. The van der Waals surface area contributed by atoms with Crippen molar-refractivity contribution in [2.24, 2.45) is 0 Å². The number of aryl methyl sites for hydroxylation is 1. The van der Waals surface area contributed by atoms with Crippen molar-refractivity contribution in [3.05, 3.63) is 63.9 Å². The highest BCUT2D eigenvalue weighted by Crippen LogP contribution is 2.26. The molecule has 0 amide bonds. The van der Waals surface area contributed by atoms with Gasteiger partial charge in [-0.25, -0.2) is 4.98 Å². The van der Waals surface area contributed by atoms with Crippen molar-refractivity contribution < 1.29 is 0 Å². The lowest BCUT2D eigenvalue weighted by atomic mass is 9.96. The first kappa shape index (κ1) is 14.1. The Hall–Kier alpha value is -1.81. The van der Waals surface area contributed by atoms with Crippen molar-refractivity contribution >= 4 is 27.4 Å². The predicted molar refractivity (Wildman–Crippen MR) is 90.6 cm³/mol. The minimum Gasteiger partial charge on any atom is -0.383 e. The molecule has 21 heavy (non-hydrogen) atoms. The van der Waals surface area contributed by atoms with Crippen LogP contribution < -0.4 is 5.73 Å². The Morgan fingerprint density at radius 1 is 1.29 bits per heavy atom. The average molecular weight is 344 g/mol. The largest absolute Gasteiger partial charge is 0.383 e. The van der Waals surface area contributed by atoms with E-state index in [1.54, 1.807) is 0 Å². The molecular weight excluding hydrogens is 326 g/mol. The van der Waals surface area contributed by atoms with E-state index in [2.05, 4.69) is 60.1 Å². The molecule has 0 aliphatic rings. The van der Waals surface area contributed by atoms with Crippen LogP contribution >= 0.6 is 15.9 Å². The van der Waals surface area contributed by atoms with Crippen LogP contribution in [0, 0.1) is 6.92 Å². The lowest BCUT2D eigenvalue weighted by Crippen LogP contribution is -2.02. The summed E-state index contributed by atoms with van der Waals surface area (Å²) in [5.74, 6) is 1.12. The Kier molecular flexibility index (Phi) is 3.72. The van der Waals surface area contributed by atoms with Crippen LogP contribution in [0.25, 0.3) is 5.65 Å². The molecule has 3 rings (SSSR count). The summed E-state index contributed by atoms with van der Waals surface area (Å²) in [7, 11) is 0. The second kappa shape index (κ2) is 5.53. The van der Waals surface area contributed by atoms with E-state index in [0.29, 0.717) is 5.92 Å². The van der Waals surface area contributed by atoms with Gasteiger partial charge in [0.05, 0.1) is 5.69 Å². The van der Waals surface area contributed by atoms with Crippen LogP contribution in [0.1, 0.15) is 29.7 Å². The van der Waals surface area contributed by atoms with Crippen molar-refractivity contribution in [1.29, 1.82) is 0 Å². The molecule has 2 heterocycles. The molecule has 0 bridgehead atoms. The first-order valence-corrected chi connectivity index (χ1v) is 7.83. The molecule has 0 spiro atoms. The average Bonchev–Trinajstić information content (AvgIpc) is 2.78. The number of aromatic nitrogens is 2. The Bertz CT molecular complexity index is 778. The van der Waals surface area contributed by atoms with E-state index in [0.717, 1.165) is 33.6 Å². The van der Waals surface area contributed by atoms with Gasteiger partial charge in [-0.05, 0) is 46.0 Å². The number of benzene rings is 1. The maximum Gasteiger partial charge on any atom is 0.141 e. The van der Waals surface area contributed by atoms with Gasteiger partial charge in [0.2, 0.25) is 0 Å². The monoisotopic (exact) mass is 343 g/mol. The van der Waals surface area contributed by atoms with Crippen LogP contribution in [0.4, 0.5) is 5.82 Å². The zero-order chi connectivity index (χ0) is 15.0. The van der Waals surface area contributed by atoms with Gasteiger partial charge in [0, 0.05) is 17.1 Å². The third kappa shape index (κ3) is 2.68. The van der Waals surface area contributed by atoms with Crippen molar-refractivity contribution in [3.8, 4) is 0 Å². The number of nitrogen functional groups attached to an aromatic ring is 1. The zero-order valence-corrected chi connectivity index (χ0v) is 13.8. The van der Waals surface area contributed by atoms with Gasteiger partial charge in [-0.15, -0.1) is 0 Å². The van der Waals surface area contributed by atoms with Crippen LogP contribution in [-0.2, 0) is 6.42 Å². The van der Waals surface area contributed by atoms with Crippen LogP contribution in [-0.4, -0.2) is 9.38 Å². The summed E-state index contributed by atoms with van der Waals surface area (Å²) in [6.45, 7) is 4.26. The summed E-state index contributed by atoms with van der Waals surface area (Å²) in [6.07, 6.45) is 2.82. The van der Waals surface area contributed by atoms with Gasteiger partial charge in [0.15, 0.2) is 0 Å². The fourth-order valence-electron chi connectivity index (χ4n) is 2.67. The molecule has 1 aromatic carbocycles. The van der Waals surface area contributed by atoms with E-state index in [-0.39, 0.29) is 0 Å². The van der Waals surface area contributed by atoms with E-state index in [4.69, 9.17) is 10.7 Å². The van der Waals surface area contributed by atoms with Gasteiger partial charge in [-0.3, -0.25) is 4.40 Å². The standard InChI is InChI=1S/C17H18BrN3/c1-11(13-6-4-3-5-7-13)9-15-16(19)21-10-14(18)8-12(2)17(21)20-15/h3-8,10-11H,9,19H2,1-2H3. The number of imidazole rings is 1. The Labute approximate surface area is 132 Å². The molecule has 0 aliphatic heterocycles. The molecule has 2 N–H and O–H groups in total. The summed E-state index contributed by atoms with van der Waals surface area (Å²) in [6, 6.07) is 12.5. The number of anilines is 1. The summed E-state index contributed by atoms with van der Waals surface area (Å²) in [4.78, 5) is 4.74. The molecule has 0 saturated carbocycles. The molecule has 3 nitrogen and oxygen atoms in total. The number of rotatable bonds is 3. The third-order valence-electron chi connectivity index (χ3n) is 3.85. The molecular formula is C17H18BrN3. The SMILES string of the molecule is Cc1cc(Br)cn2c(N)c(CC(C)c3ccccc3)nc12. The van der Waals surface area contributed by atoms with Gasteiger partial charge in [-0.1, -0.05) is 37.3 Å². The normalized spacial score (nSPS) is 12.7. The quantitative estimate of drug-likeness (QED) is 0.768. The number of nitrogens with zero attached hydrogens (tertiary/aromatic N) is 2. The molecule has 4 heteroatoms. The summed E-state index contributed by atoms with van der Waals surface area (Å²) < 4.78 is 2.98. The van der Waals surface area contributed by atoms with E-state index >= 15 is 0 Å². The predicted octanol–water partition coefficient (Wildman–Crippen LogP) is 4.33. The van der Waals surface area contributed by atoms with Gasteiger partial charge in [0.25, 0.3) is 0 Å². The van der Waals surface area contributed by atoms with E-state index in [1.807, 2.05) is 16.7 Å².